The van der Waals surface area contributed by atoms with Crippen molar-refractivity contribution in [3.63, 3.8) is 0 Å². The quantitative estimate of drug-likeness (QED) is 0.324. The van der Waals surface area contributed by atoms with Crippen LogP contribution >= 0.6 is 0 Å². The Morgan fingerprint density at radius 3 is 2.27 bits per heavy atom. The standard InChI is InChI=1S/C15H14F3NO7/c1-3-9(12(20)25-4-2)13(21)26-14(22)10-6-5-8(15(16,17)18)7-11(10)19(23)24/h5-7,9H,3-4H2,1-2H3. The van der Waals surface area contributed by atoms with Gasteiger partial charge in [0.1, 0.15) is 5.56 Å². The highest BCUT2D eigenvalue weighted by atomic mass is 19.4. The van der Waals surface area contributed by atoms with Gasteiger partial charge in [0.15, 0.2) is 5.92 Å². The predicted molar refractivity (Wildman–Crippen MR) is 78.9 cm³/mol. The third-order valence-corrected chi connectivity index (χ3v) is 3.20. The first-order valence-corrected chi connectivity index (χ1v) is 7.31. The van der Waals surface area contributed by atoms with Crippen LogP contribution in [0.4, 0.5) is 18.9 Å². The summed E-state index contributed by atoms with van der Waals surface area (Å²) in [4.78, 5) is 45.2. The number of nitro groups is 1. The zero-order valence-electron chi connectivity index (χ0n) is 13.7. The Balaban J connectivity index is 3.11. The fourth-order valence-electron chi connectivity index (χ4n) is 1.92. The van der Waals surface area contributed by atoms with Crippen molar-refractivity contribution in [2.75, 3.05) is 6.61 Å². The summed E-state index contributed by atoms with van der Waals surface area (Å²) in [5, 5.41) is 10.9. The van der Waals surface area contributed by atoms with Crippen molar-refractivity contribution in [3.8, 4) is 0 Å². The number of rotatable bonds is 6. The van der Waals surface area contributed by atoms with Crippen LogP contribution in [0.1, 0.15) is 36.2 Å². The van der Waals surface area contributed by atoms with Gasteiger partial charge in [0.25, 0.3) is 5.69 Å². The Kier molecular flexibility index (Phi) is 6.81. The molecule has 142 valence electrons. The van der Waals surface area contributed by atoms with Crippen LogP contribution in [-0.4, -0.2) is 29.4 Å². The van der Waals surface area contributed by atoms with Crippen LogP contribution in [0.25, 0.3) is 0 Å². The van der Waals surface area contributed by atoms with Crippen molar-refractivity contribution in [1.29, 1.82) is 0 Å². The van der Waals surface area contributed by atoms with E-state index in [1.165, 1.54) is 13.8 Å². The minimum atomic E-state index is -4.86. The Hall–Kier alpha value is -2.98. The summed E-state index contributed by atoms with van der Waals surface area (Å²) in [6, 6.07) is 1.13. The first-order valence-electron chi connectivity index (χ1n) is 7.31. The monoisotopic (exact) mass is 377 g/mol. The third-order valence-electron chi connectivity index (χ3n) is 3.20. The fraction of sp³-hybridized carbons (Fsp3) is 0.400. The smallest absolute Gasteiger partial charge is 0.416 e. The van der Waals surface area contributed by atoms with E-state index in [1.807, 2.05) is 0 Å². The van der Waals surface area contributed by atoms with Crippen LogP contribution in [0, 0.1) is 16.0 Å². The predicted octanol–water partition coefficient (Wildman–Crippen LogP) is 2.89. The number of hydrogen-bond acceptors (Lipinski definition) is 7. The highest BCUT2D eigenvalue weighted by Gasteiger charge is 2.36. The average Bonchev–Trinajstić information content (AvgIpc) is 2.54. The number of nitro benzene ring substituents is 1. The molecule has 0 spiro atoms. The summed E-state index contributed by atoms with van der Waals surface area (Å²) < 4.78 is 47.0. The van der Waals surface area contributed by atoms with E-state index in [1.54, 1.807) is 0 Å². The molecule has 0 fully saturated rings. The molecule has 1 aromatic rings. The maximum atomic E-state index is 12.6. The van der Waals surface area contributed by atoms with Gasteiger partial charge < -0.3 is 9.47 Å². The average molecular weight is 377 g/mol. The van der Waals surface area contributed by atoms with Gasteiger partial charge in [-0.05, 0) is 25.5 Å². The van der Waals surface area contributed by atoms with Crippen LogP contribution in [0.5, 0.6) is 0 Å². The number of hydrogen-bond donors (Lipinski definition) is 0. The molecule has 8 nitrogen and oxygen atoms in total. The van der Waals surface area contributed by atoms with Crippen molar-refractivity contribution < 1.29 is 42.0 Å². The van der Waals surface area contributed by atoms with Gasteiger partial charge in [0.2, 0.25) is 0 Å². The molecular weight excluding hydrogens is 363 g/mol. The van der Waals surface area contributed by atoms with Crippen molar-refractivity contribution in [3.05, 3.63) is 39.4 Å². The van der Waals surface area contributed by atoms with Gasteiger partial charge in [-0.1, -0.05) is 6.92 Å². The Labute approximate surface area is 145 Å². The van der Waals surface area contributed by atoms with E-state index in [0.717, 1.165) is 0 Å². The number of carbonyl (C=O) groups excluding carboxylic acids is 3. The second-order valence-corrected chi connectivity index (χ2v) is 4.91. The third kappa shape index (κ3) is 5.01. The number of esters is 3. The first kappa shape index (κ1) is 21.1. The molecule has 1 aromatic carbocycles. The molecule has 1 atom stereocenters. The minimum Gasteiger partial charge on any atom is -0.465 e. The molecule has 11 heteroatoms. The second-order valence-electron chi connectivity index (χ2n) is 4.91. The minimum absolute atomic E-state index is 0.0268. The SMILES string of the molecule is CCOC(=O)C(CC)C(=O)OC(=O)c1ccc(C(F)(F)F)cc1[N+](=O)[O-]. The van der Waals surface area contributed by atoms with E-state index >= 15 is 0 Å². The number of halogens is 3. The summed E-state index contributed by atoms with van der Waals surface area (Å²) in [6.07, 6.45) is -4.93. The van der Waals surface area contributed by atoms with Gasteiger partial charge in [-0.25, -0.2) is 4.79 Å². The summed E-state index contributed by atoms with van der Waals surface area (Å²) in [6.45, 7) is 2.90. The van der Waals surface area contributed by atoms with E-state index in [-0.39, 0.29) is 19.1 Å². The zero-order chi connectivity index (χ0) is 20.1. The number of carbonyl (C=O) groups is 3. The Bertz CT molecular complexity index is 730. The molecule has 0 aliphatic carbocycles. The van der Waals surface area contributed by atoms with Crippen LogP contribution in [0.15, 0.2) is 18.2 Å². The zero-order valence-corrected chi connectivity index (χ0v) is 13.7. The molecule has 0 amide bonds. The van der Waals surface area contributed by atoms with Crippen LogP contribution in [0.3, 0.4) is 0 Å². The summed E-state index contributed by atoms with van der Waals surface area (Å²) >= 11 is 0. The highest BCUT2D eigenvalue weighted by molar-refractivity contribution is 6.04. The number of ether oxygens (including phenoxy) is 2. The molecule has 0 saturated heterocycles. The summed E-state index contributed by atoms with van der Waals surface area (Å²) in [7, 11) is 0. The molecule has 0 N–H and O–H groups in total. The van der Waals surface area contributed by atoms with Crippen molar-refractivity contribution in [1.82, 2.24) is 0 Å². The highest BCUT2D eigenvalue weighted by Crippen LogP contribution is 2.33. The van der Waals surface area contributed by atoms with Gasteiger partial charge in [-0.15, -0.1) is 0 Å². The first-order chi connectivity index (χ1) is 12.0. The van der Waals surface area contributed by atoms with Gasteiger partial charge in [-0.2, -0.15) is 13.2 Å². The van der Waals surface area contributed by atoms with E-state index in [4.69, 9.17) is 0 Å². The Morgan fingerprint density at radius 1 is 1.19 bits per heavy atom. The van der Waals surface area contributed by atoms with E-state index in [2.05, 4.69) is 9.47 Å². The van der Waals surface area contributed by atoms with E-state index in [0.29, 0.717) is 12.1 Å². The maximum absolute atomic E-state index is 12.6. The largest absolute Gasteiger partial charge is 0.465 e. The number of nitrogens with zero attached hydrogens (tertiary/aromatic N) is 1. The lowest BCUT2D eigenvalue weighted by molar-refractivity contribution is -0.385. The molecular formula is C15H14F3NO7. The van der Waals surface area contributed by atoms with Crippen LogP contribution < -0.4 is 0 Å². The van der Waals surface area contributed by atoms with Gasteiger partial charge in [-0.3, -0.25) is 19.7 Å². The molecule has 26 heavy (non-hydrogen) atoms. The van der Waals surface area contributed by atoms with Crippen molar-refractivity contribution >= 4 is 23.6 Å². The van der Waals surface area contributed by atoms with Gasteiger partial charge >= 0.3 is 24.1 Å². The summed E-state index contributed by atoms with van der Waals surface area (Å²) in [5.41, 5.74) is -3.37. The van der Waals surface area contributed by atoms with Crippen molar-refractivity contribution in [2.45, 2.75) is 26.4 Å². The van der Waals surface area contributed by atoms with Crippen molar-refractivity contribution in [2.24, 2.45) is 5.92 Å². The molecule has 0 heterocycles. The Morgan fingerprint density at radius 2 is 1.81 bits per heavy atom. The molecule has 0 radical (unpaired) electrons. The lowest BCUT2D eigenvalue weighted by atomic mass is 10.1. The molecule has 0 bridgehead atoms. The molecule has 1 rings (SSSR count). The molecule has 0 aliphatic rings. The second kappa shape index (κ2) is 8.41. The van der Waals surface area contributed by atoms with Gasteiger partial charge in [0, 0.05) is 6.07 Å². The molecule has 1 unspecified atom stereocenters. The lowest BCUT2D eigenvalue weighted by Crippen LogP contribution is -2.29. The maximum Gasteiger partial charge on any atom is 0.416 e. The molecule has 0 aliphatic heterocycles. The number of benzene rings is 1. The van der Waals surface area contributed by atoms with Gasteiger partial charge in [0.05, 0.1) is 17.1 Å². The molecule has 0 saturated carbocycles. The van der Waals surface area contributed by atoms with Crippen LogP contribution in [0.2, 0.25) is 0 Å². The molecule has 0 aromatic heterocycles. The van der Waals surface area contributed by atoms with Crippen LogP contribution in [-0.2, 0) is 25.2 Å². The lowest BCUT2D eigenvalue weighted by Gasteiger charge is -2.12. The fourth-order valence-corrected chi connectivity index (χ4v) is 1.92. The topological polar surface area (TPSA) is 113 Å². The number of alkyl halides is 3. The van der Waals surface area contributed by atoms with E-state index < -0.39 is 51.7 Å². The van der Waals surface area contributed by atoms with E-state index in [9.17, 15) is 37.7 Å². The summed E-state index contributed by atoms with van der Waals surface area (Å²) in [5.74, 6) is -5.24. The normalized spacial score (nSPS) is 12.2.